The lowest BCUT2D eigenvalue weighted by atomic mass is 10.1. The molecule has 2 N–H and O–H groups in total. The van der Waals surface area contributed by atoms with Gasteiger partial charge in [-0.15, -0.1) is 0 Å². The Morgan fingerprint density at radius 3 is 2.06 bits per heavy atom. The molecule has 3 rings (SSSR count). The Bertz CT molecular complexity index is 1210. The van der Waals surface area contributed by atoms with E-state index in [4.69, 9.17) is 0 Å². The highest BCUT2D eigenvalue weighted by atomic mass is 32.2. The highest BCUT2D eigenvalue weighted by molar-refractivity contribution is 7.92. The number of rotatable bonds is 6. The minimum atomic E-state index is -4.45. The molecule has 5 nitrogen and oxygen atoms in total. The maximum atomic E-state index is 13.7. The van der Waals surface area contributed by atoms with E-state index in [1.165, 1.54) is 54.6 Å². The summed E-state index contributed by atoms with van der Waals surface area (Å²) in [6, 6.07) is 14.1. The maximum Gasteiger partial charge on any atom is 0.416 e. The summed E-state index contributed by atoms with van der Waals surface area (Å²) in [5.41, 5.74) is -0.381. The summed E-state index contributed by atoms with van der Waals surface area (Å²) in [5.74, 6) is -1.27. The smallest absolute Gasteiger partial charge is 0.346 e. The first-order valence-electron chi connectivity index (χ1n) is 9.33. The summed E-state index contributed by atoms with van der Waals surface area (Å²) in [6.45, 7) is 1.61. The van der Waals surface area contributed by atoms with E-state index in [1.54, 1.807) is 6.92 Å². The van der Waals surface area contributed by atoms with E-state index in [1.807, 2.05) is 0 Å². The van der Waals surface area contributed by atoms with Gasteiger partial charge in [0.15, 0.2) is 0 Å². The van der Waals surface area contributed by atoms with Gasteiger partial charge in [-0.05, 0) is 61.0 Å². The van der Waals surface area contributed by atoms with Gasteiger partial charge in [0.05, 0.1) is 22.2 Å². The Kier molecular flexibility index (Phi) is 6.54. The molecule has 1 unspecified atom stereocenters. The van der Waals surface area contributed by atoms with Crippen LogP contribution >= 0.6 is 0 Å². The molecule has 0 aliphatic rings. The van der Waals surface area contributed by atoms with Gasteiger partial charge in [0.1, 0.15) is 5.82 Å². The number of alkyl halides is 3. The van der Waals surface area contributed by atoms with Crippen molar-refractivity contribution in [2.75, 3.05) is 4.72 Å². The third-order valence-corrected chi connectivity index (χ3v) is 6.01. The van der Waals surface area contributed by atoms with Gasteiger partial charge in [-0.1, -0.05) is 24.3 Å². The largest absolute Gasteiger partial charge is 0.416 e. The molecule has 0 spiro atoms. The topological polar surface area (TPSA) is 75.3 Å². The van der Waals surface area contributed by atoms with Crippen LogP contribution in [0.2, 0.25) is 0 Å². The summed E-state index contributed by atoms with van der Waals surface area (Å²) >= 11 is 0. The average molecular weight is 466 g/mol. The molecule has 10 heteroatoms. The molecule has 3 aromatic rings. The zero-order valence-corrected chi connectivity index (χ0v) is 17.5. The summed E-state index contributed by atoms with van der Waals surface area (Å²) in [6.07, 6.45) is -4.45. The Morgan fingerprint density at radius 2 is 1.50 bits per heavy atom. The number of sulfonamides is 1. The van der Waals surface area contributed by atoms with Crippen LogP contribution in [0.5, 0.6) is 0 Å². The van der Waals surface area contributed by atoms with E-state index in [9.17, 15) is 30.8 Å². The fourth-order valence-electron chi connectivity index (χ4n) is 2.86. The number of carbonyl (C=O) groups is 1. The van der Waals surface area contributed by atoms with Crippen LogP contribution in [0.25, 0.3) is 0 Å². The molecule has 1 atom stereocenters. The average Bonchev–Trinajstić information content (AvgIpc) is 2.75. The van der Waals surface area contributed by atoms with Gasteiger partial charge in [-0.25, -0.2) is 12.8 Å². The lowest BCUT2D eigenvalue weighted by molar-refractivity contribution is -0.137. The Hall–Kier alpha value is -3.40. The first-order valence-corrected chi connectivity index (χ1v) is 10.8. The van der Waals surface area contributed by atoms with E-state index >= 15 is 0 Å². The van der Waals surface area contributed by atoms with Gasteiger partial charge >= 0.3 is 6.18 Å². The minimum absolute atomic E-state index is 0.147. The molecular formula is C22H18F4N2O3S. The van der Waals surface area contributed by atoms with Crippen LogP contribution in [-0.2, 0) is 16.2 Å². The standard InChI is InChI=1S/C22H18F4N2O3S/c1-14(15-6-10-17(11-7-15)22(24,25)26)27-21(29)16-8-12-18(13-9-16)32(30,31)28-20-5-3-2-4-19(20)23/h2-14,28H,1H3,(H,27,29). The van der Waals surface area contributed by atoms with Crippen LogP contribution in [0, 0.1) is 5.82 Å². The molecule has 0 radical (unpaired) electrons. The molecule has 0 aliphatic heterocycles. The Labute approximate surface area is 182 Å². The highest BCUT2D eigenvalue weighted by Crippen LogP contribution is 2.30. The SMILES string of the molecule is CC(NC(=O)c1ccc(S(=O)(=O)Nc2ccccc2F)cc1)c1ccc(C(F)(F)F)cc1. The van der Waals surface area contributed by atoms with Crippen molar-refractivity contribution < 1.29 is 30.8 Å². The maximum absolute atomic E-state index is 13.7. The number of anilines is 1. The van der Waals surface area contributed by atoms with Crippen molar-refractivity contribution in [2.24, 2.45) is 0 Å². The molecule has 168 valence electrons. The van der Waals surface area contributed by atoms with Crippen molar-refractivity contribution in [1.82, 2.24) is 5.32 Å². The molecule has 0 saturated carbocycles. The van der Waals surface area contributed by atoms with Crippen LogP contribution in [0.4, 0.5) is 23.2 Å². The molecule has 0 saturated heterocycles. The summed E-state index contributed by atoms with van der Waals surface area (Å²) in [7, 11) is -4.07. The molecule has 3 aromatic carbocycles. The van der Waals surface area contributed by atoms with Gasteiger partial charge in [-0.2, -0.15) is 13.2 Å². The second kappa shape index (κ2) is 8.99. The molecule has 0 bridgehead atoms. The molecule has 0 heterocycles. The van der Waals surface area contributed by atoms with E-state index < -0.39 is 39.5 Å². The van der Waals surface area contributed by atoms with Gasteiger partial charge in [0.25, 0.3) is 15.9 Å². The predicted octanol–water partition coefficient (Wildman–Crippen LogP) is 5.14. The second-order valence-corrected chi connectivity index (χ2v) is 8.61. The highest BCUT2D eigenvalue weighted by Gasteiger charge is 2.30. The summed E-state index contributed by atoms with van der Waals surface area (Å²) in [4.78, 5) is 12.3. The van der Waals surface area contributed by atoms with Crippen LogP contribution in [0.15, 0.2) is 77.7 Å². The van der Waals surface area contributed by atoms with Crippen molar-refractivity contribution in [3.05, 3.63) is 95.3 Å². The summed E-state index contributed by atoms with van der Waals surface area (Å²) < 4.78 is 78.7. The number of hydrogen-bond acceptors (Lipinski definition) is 3. The number of carbonyl (C=O) groups excluding carboxylic acids is 1. The number of halogens is 4. The van der Waals surface area contributed by atoms with Crippen molar-refractivity contribution in [1.29, 1.82) is 0 Å². The quantitative estimate of drug-likeness (QED) is 0.494. The van der Waals surface area contributed by atoms with E-state index in [-0.39, 0.29) is 16.1 Å². The van der Waals surface area contributed by atoms with E-state index in [0.29, 0.717) is 5.56 Å². The lowest BCUT2D eigenvalue weighted by Crippen LogP contribution is -2.26. The van der Waals surface area contributed by atoms with Crippen molar-refractivity contribution in [2.45, 2.75) is 24.0 Å². The number of benzene rings is 3. The van der Waals surface area contributed by atoms with Crippen molar-refractivity contribution in [3.8, 4) is 0 Å². The number of nitrogens with one attached hydrogen (secondary N) is 2. The van der Waals surface area contributed by atoms with Crippen LogP contribution < -0.4 is 10.0 Å². The van der Waals surface area contributed by atoms with Gasteiger partial charge in [0, 0.05) is 5.56 Å². The fourth-order valence-corrected chi connectivity index (χ4v) is 3.92. The first kappa shape index (κ1) is 23.3. The summed E-state index contributed by atoms with van der Waals surface area (Å²) in [5, 5.41) is 2.64. The number of amides is 1. The lowest BCUT2D eigenvalue weighted by Gasteiger charge is -2.16. The zero-order chi connectivity index (χ0) is 23.5. The molecule has 0 aliphatic carbocycles. The number of para-hydroxylation sites is 1. The Balaban J connectivity index is 1.69. The molecule has 0 fully saturated rings. The number of hydrogen-bond donors (Lipinski definition) is 2. The monoisotopic (exact) mass is 466 g/mol. The first-order chi connectivity index (χ1) is 15.0. The van der Waals surface area contributed by atoms with Gasteiger partial charge in [0.2, 0.25) is 0 Å². The van der Waals surface area contributed by atoms with Crippen LogP contribution in [0.3, 0.4) is 0 Å². The van der Waals surface area contributed by atoms with Gasteiger partial charge < -0.3 is 5.32 Å². The predicted molar refractivity (Wildman–Crippen MR) is 111 cm³/mol. The van der Waals surface area contributed by atoms with Gasteiger partial charge in [-0.3, -0.25) is 9.52 Å². The molecular weight excluding hydrogens is 448 g/mol. The third-order valence-electron chi connectivity index (χ3n) is 4.63. The Morgan fingerprint density at radius 1 is 0.906 bits per heavy atom. The van der Waals surface area contributed by atoms with Crippen molar-refractivity contribution >= 4 is 21.6 Å². The molecule has 0 aromatic heterocycles. The van der Waals surface area contributed by atoms with Crippen LogP contribution in [-0.4, -0.2) is 14.3 Å². The zero-order valence-electron chi connectivity index (χ0n) is 16.7. The molecule has 1 amide bonds. The normalized spacial score (nSPS) is 12.8. The minimum Gasteiger partial charge on any atom is -0.346 e. The molecule has 32 heavy (non-hydrogen) atoms. The van der Waals surface area contributed by atoms with E-state index in [2.05, 4.69) is 10.0 Å². The van der Waals surface area contributed by atoms with Crippen molar-refractivity contribution in [3.63, 3.8) is 0 Å². The van der Waals surface area contributed by atoms with E-state index in [0.717, 1.165) is 18.2 Å². The second-order valence-electron chi connectivity index (χ2n) is 6.92. The van der Waals surface area contributed by atoms with Crippen LogP contribution in [0.1, 0.15) is 34.5 Å². The fraction of sp³-hybridized carbons (Fsp3) is 0.136. The third kappa shape index (κ3) is 5.44.